The van der Waals surface area contributed by atoms with Gasteiger partial charge in [0.1, 0.15) is 0 Å². The summed E-state index contributed by atoms with van der Waals surface area (Å²) in [5.74, 6) is 0.640. The first-order valence-corrected chi connectivity index (χ1v) is 7.32. The van der Waals surface area contributed by atoms with Crippen molar-refractivity contribution >= 4 is 21.6 Å². The minimum absolute atomic E-state index is 0.308. The Labute approximate surface area is 117 Å². The summed E-state index contributed by atoms with van der Waals surface area (Å²) in [4.78, 5) is 2.44. The van der Waals surface area contributed by atoms with Crippen LogP contribution in [0, 0.1) is 5.92 Å². The smallest absolute Gasteiger partial charge is 0.0434 e. The maximum atomic E-state index is 9.02. The standard InChI is InChI=1S/C14H21BrN2O/c1-16-9-12-8-13(15)2-3-14(12)17-6-4-11(10-17)5-7-18/h2-3,8,11,16,18H,4-7,9-10H2,1H3. The van der Waals surface area contributed by atoms with E-state index < -0.39 is 0 Å². The summed E-state index contributed by atoms with van der Waals surface area (Å²) in [6, 6.07) is 6.48. The molecule has 2 N–H and O–H groups in total. The summed E-state index contributed by atoms with van der Waals surface area (Å²) in [5.41, 5.74) is 2.66. The van der Waals surface area contributed by atoms with Gasteiger partial charge in [-0.05, 0) is 49.6 Å². The maximum absolute atomic E-state index is 9.02. The summed E-state index contributed by atoms with van der Waals surface area (Å²) < 4.78 is 1.13. The molecular formula is C14H21BrN2O. The van der Waals surface area contributed by atoms with Gasteiger partial charge >= 0.3 is 0 Å². The number of halogens is 1. The summed E-state index contributed by atoms with van der Waals surface area (Å²) in [6.45, 7) is 3.36. The molecule has 1 saturated heterocycles. The van der Waals surface area contributed by atoms with Crippen molar-refractivity contribution in [2.45, 2.75) is 19.4 Å². The summed E-state index contributed by atoms with van der Waals surface area (Å²) >= 11 is 3.53. The highest BCUT2D eigenvalue weighted by Crippen LogP contribution is 2.30. The Hall–Kier alpha value is -0.580. The minimum atomic E-state index is 0.308. The number of hydrogen-bond acceptors (Lipinski definition) is 3. The van der Waals surface area contributed by atoms with Crippen LogP contribution in [0.25, 0.3) is 0 Å². The van der Waals surface area contributed by atoms with Crippen molar-refractivity contribution in [1.29, 1.82) is 0 Å². The molecule has 0 radical (unpaired) electrons. The van der Waals surface area contributed by atoms with E-state index in [1.165, 1.54) is 17.7 Å². The lowest BCUT2D eigenvalue weighted by molar-refractivity contribution is 0.263. The summed E-state index contributed by atoms with van der Waals surface area (Å²) in [7, 11) is 1.98. The van der Waals surface area contributed by atoms with E-state index in [-0.39, 0.29) is 0 Å². The van der Waals surface area contributed by atoms with Crippen molar-refractivity contribution in [3.63, 3.8) is 0 Å². The Morgan fingerprint density at radius 1 is 1.50 bits per heavy atom. The first kappa shape index (κ1) is 13.8. The third kappa shape index (κ3) is 3.25. The molecular weight excluding hydrogens is 292 g/mol. The van der Waals surface area contributed by atoms with Gasteiger partial charge in [0.15, 0.2) is 0 Å². The molecule has 1 fully saturated rings. The lowest BCUT2D eigenvalue weighted by Gasteiger charge is -2.22. The third-order valence-corrected chi connectivity index (χ3v) is 4.07. The van der Waals surface area contributed by atoms with E-state index >= 15 is 0 Å². The van der Waals surface area contributed by atoms with Gasteiger partial charge < -0.3 is 15.3 Å². The van der Waals surface area contributed by atoms with E-state index in [1.807, 2.05) is 7.05 Å². The number of hydrogen-bond donors (Lipinski definition) is 2. The molecule has 1 aliphatic heterocycles. The van der Waals surface area contributed by atoms with Crippen molar-refractivity contribution < 1.29 is 5.11 Å². The van der Waals surface area contributed by atoms with Crippen LogP contribution >= 0.6 is 15.9 Å². The van der Waals surface area contributed by atoms with E-state index in [9.17, 15) is 0 Å². The molecule has 1 heterocycles. The minimum Gasteiger partial charge on any atom is -0.396 e. The van der Waals surface area contributed by atoms with Crippen LogP contribution in [0.2, 0.25) is 0 Å². The Morgan fingerprint density at radius 3 is 3.06 bits per heavy atom. The fraction of sp³-hybridized carbons (Fsp3) is 0.571. The molecule has 0 saturated carbocycles. The number of anilines is 1. The molecule has 3 nitrogen and oxygen atoms in total. The normalized spacial score (nSPS) is 19.5. The Morgan fingerprint density at radius 2 is 2.33 bits per heavy atom. The molecule has 0 amide bonds. The molecule has 1 aliphatic rings. The largest absolute Gasteiger partial charge is 0.396 e. The zero-order valence-electron chi connectivity index (χ0n) is 10.8. The lowest BCUT2D eigenvalue weighted by atomic mass is 10.1. The first-order chi connectivity index (χ1) is 8.74. The zero-order chi connectivity index (χ0) is 13.0. The topological polar surface area (TPSA) is 35.5 Å². The number of aliphatic hydroxyl groups excluding tert-OH is 1. The average Bonchev–Trinajstić information content (AvgIpc) is 2.79. The highest BCUT2D eigenvalue weighted by molar-refractivity contribution is 9.10. The fourth-order valence-electron chi connectivity index (χ4n) is 2.66. The Bertz CT molecular complexity index is 397. The quantitative estimate of drug-likeness (QED) is 0.876. The maximum Gasteiger partial charge on any atom is 0.0434 e. The van der Waals surface area contributed by atoms with Gasteiger partial charge in [0.25, 0.3) is 0 Å². The molecule has 0 bridgehead atoms. The second kappa shape index (κ2) is 6.55. The number of aliphatic hydroxyl groups is 1. The van der Waals surface area contributed by atoms with E-state index in [1.54, 1.807) is 0 Å². The van der Waals surface area contributed by atoms with E-state index in [0.717, 1.165) is 30.5 Å². The van der Waals surface area contributed by atoms with Crippen molar-refractivity contribution in [3.8, 4) is 0 Å². The van der Waals surface area contributed by atoms with Crippen LogP contribution in [0.5, 0.6) is 0 Å². The molecule has 2 rings (SSSR count). The van der Waals surface area contributed by atoms with Crippen LogP contribution < -0.4 is 10.2 Å². The number of nitrogens with one attached hydrogen (secondary N) is 1. The molecule has 4 heteroatoms. The summed E-state index contributed by atoms with van der Waals surface area (Å²) in [5, 5.41) is 12.2. The molecule has 1 unspecified atom stereocenters. The molecule has 18 heavy (non-hydrogen) atoms. The van der Waals surface area contributed by atoms with E-state index in [4.69, 9.17) is 5.11 Å². The zero-order valence-corrected chi connectivity index (χ0v) is 12.4. The predicted octanol–water partition coefficient (Wildman–Crippen LogP) is 2.38. The van der Waals surface area contributed by atoms with Crippen molar-refractivity contribution in [2.75, 3.05) is 31.6 Å². The monoisotopic (exact) mass is 312 g/mol. The third-order valence-electron chi connectivity index (χ3n) is 3.57. The summed E-state index contributed by atoms with van der Waals surface area (Å²) in [6.07, 6.45) is 2.12. The first-order valence-electron chi connectivity index (χ1n) is 6.53. The van der Waals surface area contributed by atoms with Crippen LogP contribution in [0.4, 0.5) is 5.69 Å². The second-order valence-corrected chi connectivity index (χ2v) is 5.83. The SMILES string of the molecule is CNCc1cc(Br)ccc1N1CCC(CCO)C1. The van der Waals surface area contributed by atoms with Gasteiger partial charge in [-0.2, -0.15) is 0 Å². The Balaban J connectivity index is 2.13. The van der Waals surface area contributed by atoms with Crippen LogP contribution in [0.1, 0.15) is 18.4 Å². The van der Waals surface area contributed by atoms with E-state index in [2.05, 4.69) is 44.3 Å². The van der Waals surface area contributed by atoms with Crippen molar-refractivity contribution in [3.05, 3.63) is 28.2 Å². The Kier molecular flexibility index (Phi) is 5.03. The van der Waals surface area contributed by atoms with Crippen LogP contribution in [0.3, 0.4) is 0 Å². The molecule has 100 valence electrons. The average molecular weight is 313 g/mol. The molecule has 0 aromatic heterocycles. The molecule has 1 atom stereocenters. The molecule has 1 aromatic rings. The van der Waals surface area contributed by atoms with Gasteiger partial charge in [-0.25, -0.2) is 0 Å². The van der Waals surface area contributed by atoms with Crippen molar-refractivity contribution in [1.82, 2.24) is 5.32 Å². The number of rotatable bonds is 5. The predicted molar refractivity (Wildman–Crippen MR) is 78.9 cm³/mol. The highest BCUT2D eigenvalue weighted by atomic mass is 79.9. The lowest BCUT2D eigenvalue weighted by Crippen LogP contribution is -2.22. The van der Waals surface area contributed by atoms with Crippen LogP contribution in [0.15, 0.2) is 22.7 Å². The van der Waals surface area contributed by atoms with Crippen LogP contribution in [-0.2, 0) is 6.54 Å². The van der Waals surface area contributed by atoms with E-state index in [0.29, 0.717) is 12.5 Å². The van der Waals surface area contributed by atoms with Crippen molar-refractivity contribution in [2.24, 2.45) is 5.92 Å². The van der Waals surface area contributed by atoms with Gasteiger partial charge in [-0.15, -0.1) is 0 Å². The molecule has 0 aliphatic carbocycles. The van der Waals surface area contributed by atoms with Gasteiger partial charge in [-0.3, -0.25) is 0 Å². The van der Waals surface area contributed by atoms with Crippen LogP contribution in [-0.4, -0.2) is 31.9 Å². The van der Waals surface area contributed by atoms with Gasteiger partial charge in [0, 0.05) is 36.4 Å². The van der Waals surface area contributed by atoms with Gasteiger partial charge in [0.2, 0.25) is 0 Å². The van der Waals surface area contributed by atoms with Gasteiger partial charge in [-0.1, -0.05) is 15.9 Å². The number of nitrogens with zero attached hydrogens (tertiary/aromatic N) is 1. The molecule has 1 aromatic carbocycles. The molecule has 0 spiro atoms. The van der Waals surface area contributed by atoms with Gasteiger partial charge in [0.05, 0.1) is 0 Å². The number of benzene rings is 1. The highest BCUT2D eigenvalue weighted by Gasteiger charge is 2.23. The fourth-order valence-corrected chi connectivity index (χ4v) is 3.07. The second-order valence-electron chi connectivity index (χ2n) is 4.92.